The van der Waals surface area contributed by atoms with Crippen molar-refractivity contribution in [3.8, 4) is 5.75 Å². The van der Waals surface area contributed by atoms with Crippen molar-refractivity contribution < 1.29 is 9.53 Å². The predicted molar refractivity (Wildman–Crippen MR) is 101 cm³/mol. The molecule has 1 amide bonds. The van der Waals surface area contributed by atoms with E-state index in [-0.39, 0.29) is 11.3 Å². The number of hydrogen-bond donors (Lipinski definition) is 1. The molecule has 0 unspecified atom stereocenters. The molecule has 1 heterocycles. The Morgan fingerprint density at radius 3 is 2.52 bits per heavy atom. The van der Waals surface area contributed by atoms with Crippen molar-refractivity contribution >= 4 is 22.5 Å². The molecule has 0 aliphatic rings. The molecule has 4 nitrogen and oxygen atoms in total. The normalized spacial score (nSPS) is 11.4. The molecular formula is C21H22N2O2. The zero-order chi connectivity index (χ0) is 18.0. The molecule has 3 aromatic rings. The van der Waals surface area contributed by atoms with Crippen molar-refractivity contribution in [2.24, 2.45) is 0 Å². The van der Waals surface area contributed by atoms with E-state index >= 15 is 0 Å². The minimum Gasteiger partial charge on any atom is -0.495 e. The highest BCUT2D eigenvalue weighted by atomic mass is 16.5. The lowest BCUT2D eigenvalue weighted by Gasteiger charge is -2.21. The Balaban J connectivity index is 1.93. The van der Waals surface area contributed by atoms with E-state index in [0.29, 0.717) is 17.1 Å². The Hall–Kier alpha value is -2.88. The maximum atomic E-state index is 12.7. The minimum absolute atomic E-state index is 0.0209. The zero-order valence-corrected chi connectivity index (χ0v) is 15.0. The molecule has 0 fully saturated rings. The van der Waals surface area contributed by atoms with Crippen molar-refractivity contribution in [2.75, 3.05) is 12.4 Å². The molecule has 1 N–H and O–H groups in total. The average Bonchev–Trinajstić information content (AvgIpc) is 2.60. The van der Waals surface area contributed by atoms with Crippen LogP contribution in [0.2, 0.25) is 0 Å². The number of rotatable bonds is 3. The largest absolute Gasteiger partial charge is 0.495 e. The molecule has 0 saturated heterocycles. The van der Waals surface area contributed by atoms with Crippen LogP contribution in [0.15, 0.2) is 54.6 Å². The molecule has 0 aliphatic heterocycles. The summed E-state index contributed by atoms with van der Waals surface area (Å²) in [5, 5.41) is 3.93. The van der Waals surface area contributed by atoms with Gasteiger partial charge in [0.2, 0.25) is 0 Å². The second-order valence-corrected chi connectivity index (χ2v) is 7.01. The van der Waals surface area contributed by atoms with E-state index in [1.165, 1.54) is 0 Å². The third-order valence-electron chi connectivity index (χ3n) is 4.14. The van der Waals surface area contributed by atoms with E-state index in [2.05, 4.69) is 31.1 Å². The van der Waals surface area contributed by atoms with Gasteiger partial charge >= 0.3 is 0 Å². The van der Waals surface area contributed by atoms with Gasteiger partial charge in [-0.1, -0.05) is 51.1 Å². The molecule has 3 rings (SSSR count). The average molecular weight is 334 g/mol. The summed E-state index contributed by atoms with van der Waals surface area (Å²) in [5.74, 6) is 0.372. The molecule has 128 valence electrons. The molecule has 0 atom stereocenters. The van der Waals surface area contributed by atoms with Crippen LogP contribution >= 0.6 is 0 Å². The second-order valence-electron chi connectivity index (χ2n) is 7.01. The highest BCUT2D eigenvalue weighted by Crippen LogP contribution is 2.31. The third kappa shape index (κ3) is 3.63. The van der Waals surface area contributed by atoms with E-state index in [1.54, 1.807) is 13.2 Å². The summed E-state index contributed by atoms with van der Waals surface area (Å²) in [5.41, 5.74) is 2.92. The summed E-state index contributed by atoms with van der Waals surface area (Å²) in [4.78, 5) is 17.1. The van der Waals surface area contributed by atoms with E-state index in [9.17, 15) is 4.79 Å². The van der Waals surface area contributed by atoms with Gasteiger partial charge in [0.1, 0.15) is 11.4 Å². The van der Waals surface area contributed by atoms with E-state index in [4.69, 9.17) is 4.74 Å². The molecular weight excluding hydrogens is 312 g/mol. The van der Waals surface area contributed by atoms with Gasteiger partial charge in [-0.05, 0) is 35.2 Å². The first-order valence-corrected chi connectivity index (χ1v) is 8.24. The van der Waals surface area contributed by atoms with Crippen LogP contribution in [-0.2, 0) is 5.41 Å². The van der Waals surface area contributed by atoms with Gasteiger partial charge in [0.25, 0.3) is 5.91 Å². The summed E-state index contributed by atoms with van der Waals surface area (Å²) < 4.78 is 5.38. The van der Waals surface area contributed by atoms with Gasteiger partial charge in [0.05, 0.1) is 18.3 Å². The van der Waals surface area contributed by atoms with E-state index in [0.717, 1.165) is 16.5 Å². The van der Waals surface area contributed by atoms with Crippen molar-refractivity contribution in [3.63, 3.8) is 0 Å². The van der Waals surface area contributed by atoms with Crippen LogP contribution in [0.1, 0.15) is 36.8 Å². The number of methoxy groups -OCH3 is 1. The molecule has 25 heavy (non-hydrogen) atoms. The van der Waals surface area contributed by atoms with Crippen LogP contribution in [-0.4, -0.2) is 18.0 Å². The Bertz CT molecular complexity index is 927. The first-order valence-electron chi connectivity index (χ1n) is 8.24. The number of anilines is 1. The molecule has 0 aliphatic carbocycles. The molecule has 0 saturated carbocycles. The number of amides is 1. The van der Waals surface area contributed by atoms with Crippen LogP contribution in [0.3, 0.4) is 0 Å². The fourth-order valence-corrected chi connectivity index (χ4v) is 2.65. The van der Waals surface area contributed by atoms with Crippen LogP contribution in [0.5, 0.6) is 5.75 Å². The number of fused-ring (bicyclic) bond motifs is 1. The number of para-hydroxylation sites is 1. The molecule has 4 heteroatoms. The van der Waals surface area contributed by atoms with Crippen molar-refractivity contribution in [3.05, 3.63) is 65.9 Å². The zero-order valence-electron chi connectivity index (χ0n) is 15.0. The summed E-state index contributed by atoms with van der Waals surface area (Å²) in [7, 11) is 1.59. The lowest BCUT2D eigenvalue weighted by Crippen LogP contribution is -2.16. The lowest BCUT2D eigenvalue weighted by atomic mass is 9.87. The molecule has 2 aromatic carbocycles. The van der Waals surface area contributed by atoms with Gasteiger partial charge in [-0.15, -0.1) is 0 Å². The SMILES string of the molecule is COc1ccc(C(C)(C)C)cc1NC(=O)c1ccc2ccccc2n1. The van der Waals surface area contributed by atoms with Crippen LogP contribution in [0.25, 0.3) is 10.9 Å². The quantitative estimate of drug-likeness (QED) is 0.749. The van der Waals surface area contributed by atoms with Crippen molar-refractivity contribution in [1.82, 2.24) is 4.98 Å². The van der Waals surface area contributed by atoms with Gasteiger partial charge in [-0.2, -0.15) is 0 Å². The van der Waals surface area contributed by atoms with Gasteiger partial charge in [-0.25, -0.2) is 4.98 Å². The van der Waals surface area contributed by atoms with Gasteiger partial charge in [0.15, 0.2) is 0 Å². The third-order valence-corrected chi connectivity index (χ3v) is 4.14. The first-order chi connectivity index (χ1) is 11.9. The molecule has 0 spiro atoms. The fourth-order valence-electron chi connectivity index (χ4n) is 2.65. The van der Waals surface area contributed by atoms with Crippen LogP contribution in [0, 0.1) is 0 Å². The molecule has 0 radical (unpaired) electrons. The predicted octanol–water partition coefficient (Wildman–Crippen LogP) is 4.79. The van der Waals surface area contributed by atoms with Crippen molar-refractivity contribution in [1.29, 1.82) is 0 Å². The number of aromatic nitrogens is 1. The first kappa shape index (κ1) is 17.0. The maximum absolute atomic E-state index is 12.7. The summed E-state index contributed by atoms with van der Waals surface area (Å²) in [6.07, 6.45) is 0. The minimum atomic E-state index is -0.255. The number of nitrogens with zero attached hydrogens (tertiary/aromatic N) is 1. The number of hydrogen-bond acceptors (Lipinski definition) is 3. The summed E-state index contributed by atoms with van der Waals surface area (Å²) in [6, 6.07) is 17.2. The Labute approximate surface area is 147 Å². The Morgan fingerprint density at radius 2 is 1.80 bits per heavy atom. The smallest absolute Gasteiger partial charge is 0.274 e. The number of benzene rings is 2. The molecule has 1 aromatic heterocycles. The lowest BCUT2D eigenvalue weighted by molar-refractivity contribution is 0.102. The van der Waals surface area contributed by atoms with Gasteiger partial charge in [0, 0.05) is 5.39 Å². The Morgan fingerprint density at radius 1 is 1.04 bits per heavy atom. The van der Waals surface area contributed by atoms with Crippen LogP contribution < -0.4 is 10.1 Å². The fraction of sp³-hybridized carbons (Fsp3) is 0.238. The van der Waals surface area contributed by atoms with E-state index in [1.807, 2.05) is 48.5 Å². The number of ether oxygens (including phenoxy) is 1. The summed E-state index contributed by atoms with van der Waals surface area (Å²) in [6.45, 7) is 6.39. The van der Waals surface area contributed by atoms with Crippen molar-refractivity contribution in [2.45, 2.75) is 26.2 Å². The van der Waals surface area contributed by atoms with E-state index < -0.39 is 0 Å². The monoisotopic (exact) mass is 334 g/mol. The number of nitrogens with one attached hydrogen (secondary N) is 1. The highest BCUT2D eigenvalue weighted by molar-refractivity contribution is 6.04. The maximum Gasteiger partial charge on any atom is 0.274 e. The Kier molecular flexibility index (Phi) is 4.45. The topological polar surface area (TPSA) is 51.2 Å². The standard InChI is InChI=1S/C21H22N2O2/c1-21(2,3)15-10-12-19(25-4)18(13-15)23-20(24)17-11-9-14-7-5-6-8-16(14)22-17/h5-13H,1-4H3,(H,23,24). The molecule has 0 bridgehead atoms. The highest BCUT2D eigenvalue weighted by Gasteiger charge is 2.18. The summed E-state index contributed by atoms with van der Waals surface area (Å²) >= 11 is 0. The number of pyridine rings is 1. The van der Waals surface area contributed by atoms with Gasteiger partial charge in [-0.3, -0.25) is 4.79 Å². The van der Waals surface area contributed by atoms with Gasteiger partial charge < -0.3 is 10.1 Å². The number of carbonyl (C=O) groups excluding carboxylic acids is 1. The van der Waals surface area contributed by atoms with Crippen LogP contribution in [0.4, 0.5) is 5.69 Å². The second kappa shape index (κ2) is 6.55. The number of carbonyl (C=O) groups is 1.